The summed E-state index contributed by atoms with van der Waals surface area (Å²) in [7, 11) is 0. The zero-order valence-corrected chi connectivity index (χ0v) is 11.4. The average Bonchev–Trinajstić information content (AvgIpc) is 2.75. The zero-order valence-electron chi connectivity index (χ0n) is 10.6. The quantitative estimate of drug-likeness (QED) is 0.903. The van der Waals surface area contributed by atoms with Gasteiger partial charge in [0.1, 0.15) is 0 Å². The summed E-state index contributed by atoms with van der Waals surface area (Å²) in [6, 6.07) is 7.01. The summed E-state index contributed by atoms with van der Waals surface area (Å²) in [6.07, 6.45) is 0. The van der Waals surface area contributed by atoms with Crippen LogP contribution in [-0.4, -0.2) is 10.1 Å². The average molecular weight is 266 g/mol. The van der Waals surface area contributed by atoms with Gasteiger partial charge in [0.2, 0.25) is 0 Å². The maximum absolute atomic E-state index is 6.08. The van der Waals surface area contributed by atoms with Crippen molar-refractivity contribution < 1.29 is 4.52 Å². The molecular weight excluding hydrogens is 250 g/mol. The summed E-state index contributed by atoms with van der Waals surface area (Å²) in [6.45, 7) is 6.10. The molecule has 0 amide bonds. The van der Waals surface area contributed by atoms with Crippen LogP contribution in [0.25, 0.3) is 11.5 Å². The molecule has 0 fully saturated rings. The van der Waals surface area contributed by atoms with Crippen molar-refractivity contribution in [3.8, 4) is 11.5 Å². The van der Waals surface area contributed by atoms with Crippen LogP contribution in [0, 0.1) is 5.41 Å². The van der Waals surface area contributed by atoms with Gasteiger partial charge in [-0.05, 0) is 23.6 Å². The first kappa shape index (κ1) is 13.1. The molecule has 1 aromatic carbocycles. The zero-order chi connectivity index (χ0) is 13.3. The van der Waals surface area contributed by atoms with Gasteiger partial charge in [0.15, 0.2) is 5.82 Å². The Bertz CT molecular complexity index is 545. The number of rotatable bonds is 2. The molecule has 4 nitrogen and oxygen atoms in total. The molecule has 1 heterocycles. The maximum Gasteiger partial charge on any atom is 0.258 e. The molecule has 5 heteroatoms. The van der Waals surface area contributed by atoms with Crippen molar-refractivity contribution in [2.75, 3.05) is 0 Å². The molecule has 0 spiro atoms. The largest absolute Gasteiger partial charge is 0.334 e. The number of nitrogens with zero attached hydrogens (tertiary/aromatic N) is 2. The first-order valence-corrected chi connectivity index (χ1v) is 6.11. The van der Waals surface area contributed by atoms with Crippen LogP contribution in [-0.2, 0) is 0 Å². The van der Waals surface area contributed by atoms with E-state index in [1.54, 1.807) is 12.1 Å². The van der Waals surface area contributed by atoms with Crippen molar-refractivity contribution in [3.05, 3.63) is 35.1 Å². The van der Waals surface area contributed by atoms with Crippen molar-refractivity contribution in [2.45, 2.75) is 26.8 Å². The van der Waals surface area contributed by atoms with E-state index in [2.05, 4.69) is 10.1 Å². The lowest BCUT2D eigenvalue weighted by atomic mass is 9.87. The van der Waals surface area contributed by atoms with E-state index in [-0.39, 0.29) is 11.5 Å². The number of halogens is 1. The first-order valence-electron chi connectivity index (χ1n) is 5.73. The minimum atomic E-state index is -0.269. The second-order valence-electron chi connectivity index (χ2n) is 5.31. The van der Waals surface area contributed by atoms with E-state index < -0.39 is 0 Å². The molecule has 0 aliphatic carbocycles. The summed E-state index contributed by atoms with van der Waals surface area (Å²) < 4.78 is 5.22. The number of hydrogen-bond acceptors (Lipinski definition) is 4. The van der Waals surface area contributed by atoms with Gasteiger partial charge in [0.25, 0.3) is 5.89 Å². The highest BCUT2D eigenvalue weighted by molar-refractivity contribution is 6.30. The lowest BCUT2D eigenvalue weighted by Crippen LogP contribution is -2.27. The van der Waals surface area contributed by atoms with Crippen molar-refractivity contribution in [3.63, 3.8) is 0 Å². The Morgan fingerprint density at radius 1 is 1.33 bits per heavy atom. The molecule has 2 rings (SSSR count). The lowest BCUT2D eigenvalue weighted by Gasteiger charge is -2.23. The van der Waals surface area contributed by atoms with Crippen LogP contribution < -0.4 is 5.73 Å². The monoisotopic (exact) mass is 265 g/mol. The summed E-state index contributed by atoms with van der Waals surface area (Å²) >= 11 is 5.92. The van der Waals surface area contributed by atoms with Gasteiger partial charge in [-0.3, -0.25) is 0 Å². The Morgan fingerprint density at radius 2 is 2.06 bits per heavy atom. The van der Waals surface area contributed by atoms with Gasteiger partial charge in [-0.15, -0.1) is 0 Å². The molecule has 0 bridgehead atoms. The van der Waals surface area contributed by atoms with E-state index in [1.807, 2.05) is 32.9 Å². The fraction of sp³-hybridized carbons (Fsp3) is 0.385. The molecule has 1 atom stereocenters. The van der Waals surface area contributed by atoms with Gasteiger partial charge in [-0.2, -0.15) is 4.98 Å². The van der Waals surface area contributed by atoms with Gasteiger partial charge in [-0.25, -0.2) is 0 Å². The molecule has 18 heavy (non-hydrogen) atoms. The standard InChI is InChI=1S/C13H16ClN3O/c1-13(2,3)10(15)11-16-12(18-17-11)8-5-4-6-9(14)7-8/h4-7,10H,15H2,1-3H3. The normalized spacial score (nSPS) is 13.6. The van der Waals surface area contributed by atoms with Gasteiger partial charge in [0.05, 0.1) is 6.04 Å². The third kappa shape index (κ3) is 2.71. The van der Waals surface area contributed by atoms with Crippen molar-refractivity contribution in [2.24, 2.45) is 11.1 Å². The third-order valence-corrected chi connectivity index (χ3v) is 2.96. The summed E-state index contributed by atoms with van der Waals surface area (Å²) in [5, 5.41) is 4.57. The molecule has 2 aromatic rings. The Labute approximate surface area is 111 Å². The molecule has 0 radical (unpaired) electrons. The Hall–Kier alpha value is -1.39. The van der Waals surface area contributed by atoms with Crippen molar-refractivity contribution in [1.29, 1.82) is 0 Å². The highest BCUT2D eigenvalue weighted by Gasteiger charge is 2.27. The second-order valence-corrected chi connectivity index (χ2v) is 5.75. The van der Waals surface area contributed by atoms with Gasteiger partial charge in [-0.1, -0.05) is 43.6 Å². The van der Waals surface area contributed by atoms with Crippen LogP contribution in [0.1, 0.15) is 32.6 Å². The van der Waals surface area contributed by atoms with Crippen LogP contribution in [0.4, 0.5) is 0 Å². The topological polar surface area (TPSA) is 64.9 Å². The highest BCUT2D eigenvalue weighted by atomic mass is 35.5. The molecule has 1 unspecified atom stereocenters. The van der Waals surface area contributed by atoms with E-state index in [0.29, 0.717) is 16.7 Å². The second kappa shape index (κ2) is 4.71. The highest BCUT2D eigenvalue weighted by Crippen LogP contribution is 2.30. The van der Waals surface area contributed by atoms with E-state index in [1.165, 1.54) is 0 Å². The fourth-order valence-electron chi connectivity index (χ4n) is 1.49. The van der Waals surface area contributed by atoms with Crippen LogP contribution >= 0.6 is 11.6 Å². The minimum absolute atomic E-state index is 0.116. The van der Waals surface area contributed by atoms with Crippen molar-refractivity contribution in [1.82, 2.24) is 10.1 Å². The molecule has 2 N–H and O–H groups in total. The SMILES string of the molecule is CC(C)(C)C(N)c1noc(-c2cccc(Cl)c2)n1. The maximum atomic E-state index is 6.08. The predicted octanol–water partition coefficient (Wildman–Crippen LogP) is 3.44. The number of aromatic nitrogens is 2. The molecule has 0 saturated heterocycles. The van der Waals surface area contributed by atoms with E-state index in [9.17, 15) is 0 Å². The molecular formula is C13H16ClN3O. The number of nitrogens with two attached hydrogens (primary N) is 1. The molecule has 96 valence electrons. The Kier molecular flexibility index (Phi) is 3.41. The number of benzene rings is 1. The molecule has 0 aliphatic heterocycles. The Morgan fingerprint density at radius 3 is 2.67 bits per heavy atom. The van der Waals surface area contributed by atoms with Crippen LogP contribution in [0.15, 0.2) is 28.8 Å². The van der Waals surface area contributed by atoms with E-state index in [4.69, 9.17) is 21.9 Å². The van der Waals surface area contributed by atoms with Gasteiger partial charge < -0.3 is 10.3 Å². The predicted molar refractivity (Wildman–Crippen MR) is 71.1 cm³/mol. The van der Waals surface area contributed by atoms with Gasteiger partial charge >= 0.3 is 0 Å². The molecule has 0 aliphatic rings. The van der Waals surface area contributed by atoms with E-state index >= 15 is 0 Å². The van der Waals surface area contributed by atoms with Crippen molar-refractivity contribution >= 4 is 11.6 Å². The summed E-state index contributed by atoms with van der Waals surface area (Å²) in [5.74, 6) is 0.949. The lowest BCUT2D eigenvalue weighted by molar-refractivity contribution is 0.303. The molecule has 0 saturated carbocycles. The summed E-state index contributed by atoms with van der Waals surface area (Å²) in [4.78, 5) is 4.33. The van der Waals surface area contributed by atoms with Crippen LogP contribution in [0.3, 0.4) is 0 Å². The Balaban J connectivity index is 2.31. The van der Waals surface area contributed by atoms with Crippen LogP contribution in [0.5, 0.6) is 0 Å². The first-order chi connectivity index (χ1) is 8.38. The van der Waals surface area contributed by atoms with Crippen LogP contribution in [0.2, 0.25) is 5.02 Å². The van der Waals surface area contributed by atoms with E-state index in [0.717, 1.165) is 5.56 Å². The van der Waals surface area contributed by atoms with Gasteiger partial charge in [0, 0.05) is 10.6 Å². The fourth-order valence-corrected chi connectivity index (χ4v) is 1.68. The minimum Gasteiger partial charge on any atom is -0.334 e. The third-order valence-electron chi connectivity index (χ3n) is 2.72. The number of hydrogen-bond donors (Lipinski definition) is 1. The summed E-state index contributed by atoms with van der Waals surface area (Å²) in [5.41, 5.74) is 6.76. The molecule has 1 aromatic heterocycles. The smallest absolute Gasteiger partial charge is 0.258 e.